The van der Waals surface area contributed by atoms with Crippen molar-refractivity contribution in [2.75, 3.05) is 32.6 Å². The van der Waals surface area contributed by atoms with Gasteiger partial charge in [0.1, 0.15) is 0 Å². The van der Waals surface area contributed by atoms with Gasteiger partial charge in [-0.05, 0) is 36.1 Å². The summed E-state index contributed by atoms with van der Waals surface area (Å²) in [4.78, 5) is 6.39. The summed E-state index contributed by atoms with van der Waals surface area (Å²) >= 11 is 0. The van der Waals surface area contributed by atoms with Gasteiger partial charge in [0.2, 0.25) is 0 Å². The number of anilines is 1. The van der Waals surface area contributed by atoms with E-state index < -0.39 is 0 Å². The summed E-state index contributed by atoms with van der Waals surface area (Å²) in [6.07, 6.45) is 2.14. The molecule has 0 heterocycles. The Labute approximate surface area is 168 Å². The monoisotopic (exact) mass is 452 g/mol. The highest BCUT2D eigenvalue weighted by Crippen LogP contribution is 2.13. The van der Waals surface area contributed by atoms with Crippen LogP contribution < -0.4 is 15.5 Å². The second-order valence-electron chi connectivity index (χ2n) is 6.00. The van der Waals surface area contributed by atoms with E-state index >= 15 is 0 Å². The largest absolute Gasteiger partial charge is 0.378 e. The van der Waals surface area contributed by atoms with Gasteiger partial charge in [-0.15, -0.1) is 24.0 Å². The second-order valence-corrected chi connectivity index (χ2v) is 6.00. The number of nitrogens with one attached hydrogen (secondary N) is 2. The van der Waals surface area contributed by atoms with Crippen molar-refractivity contribution < 1.29 is 0 Å². The lowest BCUT2D eigenvalue weighted by molar-refractivity contribution is 0.742. The van der Waals surface area contributed by atoms with Gasteiger partial charge in [0.05, 0.1) is 0 Å². The predicted octanol–water partition coefficient (Wildman–Crippen LogP) is 3.67. The number of nitrogens with zero attached hydrogens (tertiary/aromatic N) is 2. The van der Waals surface area contributed by atoms with E-state index in [9.17, 15) is 0 Å². The lowest BCUT2D eigenvalue weighted by atomic mass is 10.1. The van der Waals surface area contributed by atoms with Crippen LogP contribution in [0.4, 0.5) is 5.69 Å². The minimum absolute atomic E-state index is 0. The number of aryl methyl sites for hydroxylation is 1. The van der Waals surface area contributed by atoms with Crippen LogP contribution in [0.2, 0.25) is 0 Å². The van der Waals surface area contributed by atoms with Crippen LogP contribution in [-0.4, -0.2) is 33.6 Å². The molecule has 0 aromatic heterocycles. The molecule has 0 fully saturated rings. The van der Waals surface area contributed by atoms with E-state index in [1.165, 1.54) is 16.8 Å². The molecule has 2 N–H and O–H groups in total. The van der Waals surface area contributed by atoms with Crippen molar-refractivity contribution in [3.05, 3.63) is 65.7 Å². The van der Waals surface area contributed by atoms with Crippen molar-refractivity contribution >= 4 is 35.6 Å². The van der Waals surface area contributed by atoms with E-state index in [0.29, 0.717) is 0 Å². The first-order valence-corrected chi connectivity index (χ1v) is 8.44. The molecule has 0 amide bonds. The fraction of sp³-hybridized carbons (Fsp3) is 0.350. The van der Waals surface area contributed by atoms with Crippen molar-refractivity contribution in [1.29, 1.82) is 0 Å². The molecule has 0 spiro atoms. The average molecular weight is 452 g/mol. The van der Waals surface area contributed by atoms with Crippen molar-refractivity contribution in [1.82, 2.24) is 10.6 Å². The van der Waals surface area contributed by atoms with E-state index in [2.05, 4.69) is 83.2 Å². The highest BCUT2D eigenvalue weighted by Gasteiger charge is 1.99. The van der Waals surface area contributed by atoms with Crippen molar-refractivity contribution in [2.45, 2.75) is 19.4 Å². The summed E-state index contributed by atoms with van der Waals surface area (Å²) in [6.45, 7) is 1.69. The van der Waals surface area contributed by atoms with Crippen LogP contribution >= 0.6 is 24.0 Å². The number of hydrogen-bond acceptors (Lipinski definition) is 2. The summed E-state index contributed by atoms with van der Waals surface area (Å²) in [5, 5.41) is 6.71. The maximum Gasteiger partial charge on any atom is 0.191 e. The lowest BCUT2D eigenvalue weighted by Crippen LogP contribution is -2.37. The van der Waals surface area contributed by atoms with Gasteiger partial charge in [0.25, 0.3) is 0 Å². The molecular weight excluding hydrogens is 423 g/mol. The molecule has 5 heteroatoms. The van der Waals surface area contributed by atoms with Crippen LogP contribution in [0.3, 0.4) is 0 Å². The van der Waals surface area contributed by atoms with Crippen LogP contribution in [0.25, 0.3) is 0 Å². The Bertz CT molecular complexity index is 624. The Morgan fingerprint density at radius 1 is 0.920 bits per heavy atom. The smallest absolute Gasteiger partial charge is 0.191 e. The zero-order chi connectivity index (χ0) is 17.2. The molecular formula is C20H29IN4. The number of benzene rings is 2. The standard InChI is InChI=1S/C20H28N4.HI/c1-21-20(23-16-18-8-5-4-6-9-18)22-15-7-10-17-11-13-19(14-12-17)24(2)3;/h4-6,8-9,11-14H,7,10,15-16H2,1-3H3,(H2,21,22,23);1H. The van der Waals surface area contributed by atoms with Gasteiger partial charge in [-0.1, -0.05) is 42.5 Å². The Morgan fingerprint density at radius 3 is 2.20 bits per heavy atom. The molecule has 2 rings (SSSR count). The Balaban J connectivity index is 0.00000312. The molecule has 0 aliphatic carbocycles. The van der Waals surface area contributed by atoms with Crippen molar-refractivity contribution in [2.24, 2.45) is 4.99 Å². The third-order valence-electron chi connectivity index (χ3n) is 3.91. The van der Waals surface area contributed by atoms with Crippen molar-refractivity contribution in [3.63, 3.8) is 0 Å². The number of aliphatic imine (C=N–C) groups is 1. The molecule has 25 heavy (non-hydrogen) atoms. The molecule has 0 bridgehead atoms. The van der Waals surface area contributed by atoms with E-state index in [4.69, 9.17) is 0 Å². The third kappa shape index (κ3) is 7.77. The van der Waals surface area contributed by atoms with Gasteiger partial charge in [-0.25, -0.2) is 0 Å². The van der Waals surface area contributed by atoms with Gasteiger partial charge in [-0.3, -0.25) is 4.99 Å². The van der Waals surface area contributed by atoms with E-state index in [1.54, 1.807) is 7.05 Å². The molecule has 0 aliphatic heterocycles. The molecule has 0 radical (unpaired) electrons. The maximum absolute atomic E-state index is 4.27. The van der Waals surface area contributed by atoms with Crippen LogP contribution in [0.15, 0.2) is 59.6 Å². The zero-order valence-electron chi connectivity index (χ0n) is 15.3. The first-order valence-electron chi connectivity index (χ1n) is 8.44. The van der Waals surface area contributed by atoms with Crippen LogP contribution in [0.1, 0.15) is 17.5 Å². The summed E-state index contributed by atoms with van der Waals surface area (Å²) < 4.78 is 0. The highest BCUT2D eigenvalue weighted by atomic mass is 127. The normalized spacial score (nSPS) is 10.8. The van der Waals surface area contributed by atoms with Gasteiger partial charge in [0, 0.05) is 39.9 Å². The molecule has 136 valence electrons. The Morgan fingerprint density at radius 2 is 1.60 bits per heavy atom. The number of halogens is 1. The summed E-state index contributed by atoms with van der Waals surface area (Å²) in [5.41, 5.74) is 3.86. The summed E-state index contributed by atoms with van der Waals surface area (Å²) in [7, 11) is 5.93. The Hall–Kier alpha value is -1.76. The maximum atomic E-state index is 4.27. The molecule has 0 aliphatic rings. The first-order chi connectivity index (χ1) is 11.7. The molecule has 0 saturated carbocycles. The minimum atomic E-state index is 0. The third-order valence-corrected chi connectivity index (χ3v) is 3.91. The fourth-order valence-electron chi connectivity index (χ4n) is 2.46. The molecule has 2 aromatic carbocycles. The summed E-state index contributed by atoms with van der Waals surface area (Å²) in [6, 6.07) is 19.1. The molecule has 0 saturated heterocycles. The van der Waals surface area contributed by atoms with Crippen LogP contribution in [-0.2, 0) is 13.0 Å². The minimum Gasteiger partial charge on any atom is -0.378 e. The molecule has 2 aromatic rings. The van der Waals surface area contributed by atoms with Gasteiger partial charge in [-0.2, -0.15) is 0 Å². The lowest BCUT2D eigenvalue weighted by Gasteiger charge is -2.13. The Kier molecular flexibility index (Phi) is 9.99. The van der Waals surface area contributed by atoms with Gasteiger partial charge < -0.3 is 15.5 Å². The number of rotatable bonds is 7. The second kappa shape index (κ2) is 11.7. The van der Waals surface area contributed by atoms with Gasteiger partial charge >= 0.3 is 0 Å². The van der Waals surface area contributed by atoms with E-state index in [-0.39, 0.29) is 24.0 Å². The molecule has 4 nitrogen and oxygen atoms in total. The molecule has 0 unspecified atom stereocenters. The highest BCUT2D eigenvalue weighted by molar-refractivity contribution is 14.0. The van der Waals surface area contributed by atoms with E-state index in [0.717, 1.165) is 31.9 Å². The molecule has 0 atom stereocenters. The van der Waals surface area contributed by atoms with Crippen LogP contribution in [0.5, 0.6) is 0 Å². The fourth-order valence-corrected chi connectivity index (χ4v) is 2.46. The summed E-state index contributed by atoms with van der Waals surface area (Å²) in [5.74, 6) is 0.849. The van der Waals surface area contributed by atoms with Crippen molar-refractivity contribution in [3.8, 4) is 0 Å². The number of hydrogen-bond donors (Lipinski definition) is 2. The van der Waals surface area contributed by atoms with Crippen LogP contribution in [0, 0.1) is 0 Å². The van der Waals surface area contributed by atoms with Gasteiger partial charge in [0.15, 0.2) is 5.96 Å². The van der Waals surface area contributed by atoms with E-state index in [1.807, 2.05) is 6.07 Å². The first kappa shape index (κ1) is 21.3. The predicted molar refractivity (Wildman–Crippen MR) is 119 cm³/mol. The average Bonchev–Trinajstić information content (AvgIpc) is 2.62. The zero-order valence-corrected chi connectivity index (χ0v) is 17.7. The quantitative estimate of drug-likeness (QED) is 0.292. The SMILES string of the molecule is CN=C(NCCCc1ccc(N(C)C)cc1)NCc1ccccc1.I. The topological polar surface area (TPSA) is 39.7 Å². The number of guanidine groups is 1.